The number of hydrogen-bond donors (Lipinski definition) is 1. The lowest BCUT2D eigenvalue weighted by atomic mass is 10.0. The SMILES string of the molecule is CC(C)(O)c1cn(-c2cccc(-c3ccc(Cl)cc3Cl)c2)c(-c2ccccc2C(F)(F)I)n1. The monoisotopic (exact) mass is 598 g/mol. The summed E-state index contributed by atoms with van der Waals surface area (Å²) in [7, 11) is 0. The summed E-state index contributed by atoms with van der Waals surface area (Å²) in [5.74, 6) is 0.304. The lowest BCUT2D eigenvalue weighted by Crippen LogP contribution is -2.15. The molecule has 4 aromatic rings. The molecule has 0 unspecified atom stereocenters. The number of halogens is 5. The molecule has 1 aromatic heterocycles. The number of nitrogens with zero attached hydrogens (tertiary/aromatic N) is 2. The molecule has 0 spiro atoms. The Labute approximate surface area is 214 Å². The van der Waals surface area contributed by atoms with Gasteiger partial charge in [0.2, 0.25) is 0 Å². The van der Waals surface area contributed by atoms with Crippen molar-refractivity contribution < 1.29 is 13.9 Å². The van der Waals surface area contributed by atoms with Crippen LogP contribution in [0.1, 0.15) is 25.1 Å². The number of imidazole rings is 1. The first-order valence-electron chi connectivity index (χ1n) is 10.00. The summed E-state index contributed by atoms with van der Waals surface area (Å²) in [5.41, 5.74) is 1.51. The molecule has 0 aliphatic rings. The Morgan fingerprint density at radius 2 is 1.67 bits per heavy atom. The molecule has 0 bridgehead atoms. The molecular weight excluding hydrogens is 580 g/mol. The summed E-state index contributed by atoms with van der Waals surface area (Å²) in [4.78, 5) is 4.57. The predicted octanol–water partition coefficient (Wildman–Crippen LogP) is 8.22. The number of hydrogen-bond acceptors (Lipinski definition) is 2. The molecule has 0 saturated heterocycles. The van der Waals surface area contributed by atoms with Gasteiger partial charge in [0.15, 0.2) is 0 Å². The Morgan fingerprint density at radius 3 is 2.33 bits per heavy atom. The molecule has 33 heavy (non-hydrogen) atoms. The van der Waals surface area contributed by atoms with E-state index in [1.807, 2.05) is 30.3 Å². The summed E-state index contributed by atoms with van der Waals surface area (Å²) in [6.45, 7) is 3.21. The van der Waals surface area contributed by atoms with Gasteiger partial charge in [-0.05, 0) is 43.7 Å². The average molecular weight is 599 g/mol. The third kappa shape index (κ3) is 5.09. The summed E-state index contributed by atoms with van der Waals surface area (Å²) in [6, 6.07) is 19.0. The van der Waals surface area contributed by atoms with Crippen molar-refractivity contribution in [3.8, 4) is 28.2 Å². The maximum Gasteiger partial charge on any atom is 0.322 e. The van der Waals surface area contributed by atoms with Crippen LogP contribution in [0.3, 0.4) is 0 Å². The molecule has 3 nitrogen and oxygen atoms in total. The van der Waals surface area contributed by atoms with Gasteiger partial charge in [-0.3, -0.25) is 4.57 Å². The highest BCUT2D eigenvalue weighted by atomic mass is 127. The predicted molar refractivity (Wildman–Crippen MR) is 138 cm³/mol. The fraction of sp³-hybridized carbons (Fsp3) is 0.160. The summed E-state index contributed by atoms with van der Waals surface area (Å²) < 4.78 is 27.4. The van der Waals surface area contributed by atoms with Crippen LogP contribution in [0.25, 0.3) is 28.2 Å². The maximum absolute atomic E-state index is 14.4. The van der Waals surface area contributed by atoms with Crippen molar-refractivity contribution in [1.29, 1.82) is 0 Å². The zero-order chi connectivity index (χ0) is 24.0. The molecule has 4 rings (SSSR count). The van der Waals surface area contributed by atoms with E-state index >= 15 is 0 Å². The maximum atomic E-state index is 14.4. The first-order valence-corrected chi connectivity index (χ1v) is 11.8. The Balaban J connectivity index is 1.94. The Bertz CT molecular complexity index is 1330. The number of rotatable bonds is 5. The van der Waals surface area contributed by atoms with Crippen molar-refractivity contribution >= 4 is 45.8 Å². The van der Waals surface area contributed by atoms with Crippen LogP contribution < -0.4 is 0 Å². The lowest BCUT2D eigenvalue weighted by molar-refractivity contribution is 0.0743. The van der Waals surface area contributed by atoms with Gasteiger partial charge >= 0.3 is 3.93 Å². The van der Waals surface area contributed by atoms with Crippen LogP contribution in [0.2, 0.25) is 10.0 Å². The largest absolute Gasteiger partial charge is 0.384 e. The van der Waals surface area contributed by atoms with E-state index in [0.29, 0.717) is 27.3 Å². The molecule has 0 aliphatic carbocycles. The first kappa shape index (κ1) is 24.1. The minimum absolute atomic E-state index is 0.156. The van der Waals surface area contributed by atoms with Gasteiger partial charge < -0.3 is 5.11 Å². The van der Waals surface area contributed by atoms with Gasteiger partial charge in [-0.1, -0.05) is 65.7 Å². The molecule has 0 atom stereocenters. The summed E-state index contributed by atoms with van der Waals surface area (Å²) in [5, 5.41) is 11.6. The molecule has 170 valence electrons. The third-order valence-electron chi connectivity index (χ3n) is 5.17. The molecule has 0 radical (unpaired) electrons. The quantitative estimate of drug-likeness (QED) is 0.186. The van der Waals surface area contributed by atoms with Gasteiger partial charge in [-0.15, -0.1) is 0 Å². The first-order chi connectivity index (χ1) is 15.4. The third-order valence-corrected chi connectivity index (χ3v) is 6.30. The van der Waals surface area contributed by atoms with Crippen molar-refractivity contribution in [2.24, 2.45) is 0 Å². The van der Waals surface area contributed by atoms with Crippen molar-refractivity contribution in [3.05, 3.63) is 94.2 Å². The zero-order valence-electron chi connectivity index (χ0n) is 17.7. The van der Waals surface area contributed by atoms with Crippen molar-refractivity contribution in [1.82, 2.24) is 9.55 Å². The van der Waals surface area contributed by atoms with Gasteiger partial charge in [0.05, 0.1) is 5.69 Å². The molecule has 1 heterocycles. The molecule has 0 amide bonds. The van der Waals surface area contributed by atoms with Crippen LogP contribution in [0.5, 0.6) is 0 Å². The Hall–Kier alpha value is -2.00. The second-order valence-corrected chi connectivity index (χ2v) is 10.3. The molecular formula is C25H19Cl2F2IN2O. The van der Waals surface area contributed by atoms with Crippen molar-refractivity contribution in [2.75, 3.05) is 0 Å². The zero-order valence-corrected chi connectivity index (χ0v) is 21.3. The van der Waals surface area contributed by atoms with Gasteiger partial charge in [0.1, 0.15) is 11.4 Å². The van der Waals surface area contributed by atoms with Crippen molar-refractivity contribution in [2.45, 2.75) is 23.4 Å². The van der Waals surface area contributed by atoms with Crippen LogP contribution in [-0.2, 0) is 9.53 Å². The van der Waals surface area contributed by atoms with E-state index in [9.17, 15) is 13.9 Å². The number of benzene rings is 3. The highest BCUT2D eigenvalue weighted by Crippen LogP contribution is 2.42. The molecule has 0 saturated carbocycles. The number of alkyl halides is 3. The van der Waals surface area contributed by atoms with E-state index in [-0.39, 0.29) is 11.1 Å². The second kappa shape index (κ2) is 8.98. The minimum atomic E-state index is -3.10. The molecule has 3 aromatic carbocycles. The van der Waals surface area contributed by atoms with Crippen LogP contribution in [0.15, 0.2) is 72.9 Å². The lowest BCUT2D eigenvalue weighted by Gasteiger charge is -2.16. The smallest absolute Gasteiger partial charge is 0.322 e. The van der Waals surface area contributed by atoms with Gasteiger partial charge in [0.25, 0.3) is 0 Å². The fourth-order valence-corrected chi connectivity index (χ4v) is 4.52. The normalized spacial score (nSPS) is 12.2. The molecule has 0 aliphatic heterocycles. The van der Waals surface area contributed by atoms with Crippen LogP contribution in [0.4, 0.5) is 8.78 Å². The molecule has 0 fully saturated rings. The van der Waals surface area contributed by atoms with E-state index < -0.39 is 9.53 Å². The van der Waals surface area contributed by atoms with E-state index in [1.165, 1.54) is 6.07 Å². The van der Waals surface area contributed by atoms with Gasteiger partial charge in [0, 0.05) is 61.2 Å². The fourth-order valence-electron chi connectivity index (χ4n) is 3.53. The topological polar surface area (TPSA) is 38.0 Å². The molecule has 8 heteroatoms. The standard InChI is InChI=1S/C25H19Cl2F2IN2O/c1-24(2,33)22-14-32(23(31-22)19-8-3-4-9-20(19)25(28,29)30)17-7-5-6-15(12-17)18-11-10-16(26)13-21(18)27/h3-14,33H,1-2H3. The van der Waals surface area contributed by atoms with E-state index in [4.69, 9.17) is 23.2 Å². The second-order valence-electron chi connectivity index (χ2n) is 8.10. The average Bonchev–Trinajstić information content (AvgIpc) is 3.19. The molecule has 1 N–H and O–H groups in total. The number of aromatic nitrogens is 2. The highest BCUT2D eigenvalue weighted by molar-refractivity contribution is 14.1. The van der Waals surface area contributed by atoms with E-state index in [2.05, 4.69) is 4.98 Å². The van der Waals surface area contributed by atoms with E-state index in [1.54, 1.807) is 54.9 Å². The van der Waals surface area contributed by atoms with Crippen LogP contribution >= 0.6 is 45.8 Å². The van der Waals surface area contributed by atoms with Crippen molar-refractivity contribution in [3.63, 3.8) is 0 Å². The van der Waals surface area contributed by atoms with E-state index in [0.717, 1.165) is 33.7 Å². The Kier molecular flexibility index (Phi) is 6.57. The summed E-state index contributed by atoms with van der Waals surface area (Å²) >= 11 is 13.6. The Morgan fingerprint density at radius 1 is 0.939 bits per heavy atom. The highest BCUT2D eigenvalue weighted by Gasteiger charge is 2.32. The van der Waals surface area contributed by atoms with Gasteiger partial charge in [-0.25, -0.2) is 4.98 Å². The number of aliphatic hydroxyl groups is 1. The van der Waals surface area contributed by atoms with Crippen LogP contribution in [0, 0.1) is 0 Å². The van der Waals surface area contributed by atoms with Crippen LogP contribution in [-0.4, -0.2) is 14.7 Å². The minimum Gasteiger partial charge on any atom is -0.384 e. The summed E-state index contributed by atoms with van der Waals surface area (Å²) in [6.07, 6.45) is 1.67. The van der Waals surface area contributed by atoms with Gasteiger partial charge in [-0.2, -0.15) is 8.78 Å².